The molecule has 1 aliphatic rings. The molecule has 2 N–H and O–H groups in total. The van der Waals surface area contributed by atoms with Crippen LogP contribution in [-0.4, -0.2) is 41.9 Å². The van der Waals surface area contributed by atoms with E-state index in [2.05, 4.69) is 25.6 Å². The van der Waals surface area contributed by atoms with Crippen molar-refractivity contribution < 1.29 is 17.6 Å². The number of anilines is 1. The molecule has 164 valence electrons. The maximum absolute atomic E-state index is 13.4. The largest absolute Gasteiger partial charge is 0.435 e. The van der Waals surface area contributed by atoms with Gasteiger partial charge in [0.2, 0.25) is 0 Å². The van der Waals surface area contributed by atoms with E-state index in [4.69, 9.17) is 0 Å². The molecule has 0 amide bonds. The highest BCUT2D eigenvalue weighted by molar-refractivity contribution is 5.80. The lowest BCUT2D eigenvalue weighted by Gasteiger charge is -2.36. The Kier molecular flexibility index (Phi) is 6.52. The Morgan fingerprint density at radius 2 is 2.10 bits per heavy atom. The van der Waals surface area contributed by atoms with Gasteiger partial charge < -0.3 is 15.5 Å². The van der Waals surface area contributed by atoms with Crippen LogP contribution in [0.4, 0.5) is 23.2 Å². The predicted molar refractivity (Wildman–Crippen MR) is 108 cm³/mol. The van der Waals surface area contributed by atoms with Crippen LogP contribution in [-0.2, 0) is 19.8 Å². The quantitative estimate of drug-likeness (QED) is 0.448. The Labute approximate surface area is 173 Å². The monoisotopic (exact) mass is 426 g/mol. The number of guanidine groups is 1. The summed E-state index contributed by atoms with van der Waals surface area (Å²) in [6, 6.07) is 4.80. The Bertz CT molecular complexity index is 905. The number of aryl methyl sites for hydroxylation is 2. The second-order valence-corrected chi connectivity index (χ2v) is 7.46. The zero-order valence-corrected chi connectivity index (χ0v) is 17.2. The minimum Gasteiger partial charge on any atom is -0.369 e. The van der Waals surface area contributed by atoms with Gasteiger partial charge in [0.15, 0.2) is 11.7 Å². The fourth-order valence-corrected chi connectivity index (χ4v) is 3.76. The van der Waals surface area contributed by atoms with E-state index >= 15 is 0 Å². The van der Waals surface area contributed by atoms with Crippen LogP contribution in [0.3, 0.4) is 0 Å². The van der Waals surface area contributed by atoms with Crippen molar-refractivity contribution in [1.82, 2.24) is 20.4 Å². The van der Waals surface area contributed by atoms with Crippen molar-refractivity contribution in [2.75, 3.05) is 25.0 Å². The van der Waals surface area contributed by atoms with Crippen molar-refractivity contribution in [3.05, 3.63) is 47.0 Å². The molecule has 10 heteroatoms. The fourth-order valence-electron chi connectivity index (χ4n) is 3.76. The molecule has 1 atom stereocenters. The van der Waals surface area contributed by atoms with Crippen LogP contribution < -0.4 is 15.5 Å². The van der Waals surface area contributed by atoms with Crippen LogP contribution in [0, 0.1) is 12.7 Å². The molecule has 1 saturated heterocycles. The van der Waals surface area contributed by atoms with Gasteiger partial charge in [0, 0.05) is 57.2 Å². The number of hydrogen-bond acceptors (Lipinski definition) is 3. The Morgan fingerprint density at radius 1 is 1.33 bits per heavy atom. The molecule has 2 aromatic rings. The van der Waals surface area contributed by atoms with Crippen LogP contribution in [0.5, 0.6) is 0 Å². The topological polar surface area (TPSA) is 57.5 Å². The molecule has 0 radical (unpaired) electrons. The molecule has 0 aliphatic carbocycles. The van der Waals surface area contributed by atoms with Gasteiger partial charge in [0.1, 0.15) is 5.82 Å². The van der Waals surface area contributed by atoms with Gasteiger partial charge in [-0.15, -0.1) is 0 Å². The molecule has 2 heterocycles. The molecule has 1 aliphatic heterocycles. The van der Waals surface area contributed by atoms with Crippen molar-refractivity contribution in [3.8, 4) is 0 Å². The van der Waals surface area contributed by atoms with Gasteiger partial charge in [-0.2, -0.15) is 18.3 Å². The van der Waals surface area contributed by atoms with E-state index in [0.29, 0.717) is 12.5 Å². The number of halogens is 4. The highest BCUT2D eigenvalue weighted by Gasteiger charge is 2.36. The molecular weight excluding hydrogens is 400 g/mol. The van der Waals surface area contributed by atoms with Crippen LogP contribution in [0.2, 0.25) is 0 Å². The summed E-state index contributed by atoms with van der Waals surface area (Å²) in [5.41, 5.74) is 1.01. The molecule has 1 aromatic carbocycles. The predicted octanol–water partition coefficient (Wildman–Crippen LogP) is 3.22. The number of piperidine rings is 1. The summed E-state index contributed by atoms with van der Waals surface area (Å²) in [7, 11) is 3.04. The third kappa shape index (κ3) is 5.22. The molecule has 1 aromatic heterocycles. The first-order valence-corrected chi connectivity index (χ1v) is 9.75. The lowest BCUT2D eigenvalue weighted by molar-refractivity contribution is -0.142. The lowest BCUT2D eigenvalue weighted by atomic mass is 10.0. The zero-order valence-electron chi connectivity index (χ0n) is 17.2. The van der Waals surface area contributed by atoms with Gasteiger partial charge in [-0.1, -0.05) is 0 Å². The third-order valence-electron chi connectivity index (χ3n) is 5.10. The number of alkyl halides is 3. The molecular formula is C20H26F4N6. The second kappa shape index (κ2) is 8.93. The molecule has 6 nitrogen and oxygen atoms in total. The highest BCUT2D eigenvalue weighted by Crippen LogP contribution is 2.30. The summed E-state index contributed by atoms with van der Waals surface area (Å²) in [5, 5.41) is 9.75. The summed E-state index contributed by atoms with van der Waals surface area (Å²) >= 11 is 0. The first-order chi connectivity index (χ1) is 14.2. The number of nitrogens with one attached hydrogen (secondary N) is 2. The van der Waals surface area contributed by atoms with Crippen LogP contribution in [0.15, 0.2) is 29.4 Å². The van der Waals surface area contributed by atoms with Crippen LogP contribution in [0.25, 0.3) is 0 Å². The van der Waals surface area contributed by atoms with E-state index < -0.39 is 11.9 Å². The van der Waals surface area contributed by atoms with E-state index in [1.807, 2.05) is 6.92 Å². The number of benzene rings is 1. The van der Waals surface area contributed by atoms with E-state index in [0.717, 1.165) is 35.3 Å². The molecule has 0 spiro atoms. The molecule has 30 heavy (non-hydrogen) atoms. The summed E-state index contributed by atoms with van der Waals surface area (Å²) < 4.78 is 53.9. The summed E-state index contributed by atoms with van der Waals surface area (Å²) in [6.07, 6.45) is -1.32. The van der Waals surface area contributed by atoms with Gasteiger partial charge in [0.25, 0.3) is 0 Å². The van der Waals surface area contributed by atoms with E-state index in [9.17, 15) is 17.6 Å². The van der Waals surface area contributed by atoms with Crippen molar-refractivity contribution in [2.24, 2.45) is 12.0 Å². The van der Waals surface area contributed by atoms with E-state index in [1.165, 1.54) is 25.4 Å². The molecule has 3 rings (SSSR count). The minimum atomic E-state index is -4.51. The average Bonchev–Trinajstić information content (AvgIpc) is 3.06. The van der Waals surface area contributed by atoms with E-state index in [1.54, 1.807) is 13.1 Å². The van der Waals surface area contributed by atoms with Crippen molar-refractivity contribution >= 4 is 11.6 Å². The number of aliphatic imine (C=N–C) groups is 1. The number of aromatic nitrogens is 2. The molecule has 1 unspecified atom stereocenters. The standard InChI is InChI=1S/C20H26F4N6/c1-13-9-15(21)6-7-17(13)30-8-4-5-16(12-30)27-19(25-2)26-10-14-11-29(3)28-18(14)20(22,23)24/h6-7,9,11,16H,4-5,8,10,12H2,1-3H3,(H2,25,26,27). The number of nitrogens with zero attached hydrogens (tertiary/aromatic N) is 4. The number of hydrogen-bond donors (Lipinski definition) is 2. The lowest BCUT2D eigenvalue weighted by Crippen LogP contribution is -2.51. The summed E-state index contributed by atoms with van der Waals surface area (Å²) in [4.78, 5) is 6.33. The second-order valence-electron chi connectivity index (χ2n) is 7.46. The van der Waals surface area contributed by atoms with Gasteiger partial charge >= 0.3 is 6.18 Å². The summed E-state index contributed by atoms with van der Waals surface area (Å²) in [6.45, 7) is 3.38. The van der Waals surface area contributed by atoms with E-state index in [-0.39, 0.29) is 24.0 Å². The first-order valence-electron chi connectivity index (χ1n) is 9.75. The first kappa shape index (κ1) is 21.9. The maximum Gasteiger partial charge on any atom is 0.435 e. The van der Waals surface area contributed by atoms with Crippen molar-refractivity contribution in [2.45, 2.75) is 38.5 Å². The smallest absolute Gasteiger partial charge is 0.369 e. The van der Waals surface area contributed by atoms with Gasteiger partial charge in [-0.3, -0.25) is 9.67 Å². The van der Waals surface area contributed by atoms with Gasteiger partial charge in [-0.25, -0.2) is 4.39 Å². The zero-order chi connectivity index (χ0) is 21.9. The van der Waals surface area contributed by atoms with Crippen molar-refractivity contribution in [3.63, 3.8) is 0 Å². The minimum absolute atomic E-state index is 0.0458. The van der Waals surface area contributed by atoms with Crippen LogP contribution >= 0.6 is 0 Å². The van der Waals surface area contributed by atoms with Gasteiger partial charge in [-0.05, 0) is 43.5 Å². The Morgan fingerprint density at radius 3 is 2.77 bits per heavy atom. The molecule has 1 fully saturated rings. The van der Waals surface area contributed by atoms with Crippen LogP contribution in [0.1, 0.15) is 29.7 Å². The average molecular weight is 426 g/mol. The molecule has 0 bridgehead atoms. The third-order valence-corrected chi connectivity index (χ3v) is 5.10. The Balaban J connectivity index is 1.62. The summed E-state index contributed by atoms with van der Waals surface area (Å²) in [5.74, 6) is 0.163. The molecule has 0 saturated carbocycles. The van der Waals surface area contributed by atoms with Crippen molar-refractivity contribution in [1.29, 1.82) is 0 Å². The van der Waals surface area contributed by atoms with Gasteiger partial charge in [0.05, 0.1) is 0 Å². The fraction of sp³-hybridized carbons (Fsp3) is 0.500. The maximum atomic E-state index is 13.4. The highest BCUT2D eigenvalue weighted by atomic mass is 19.4. The number of rotatable bonds is 4. The Hall–Kier alpha value is -2.78. The SMILES string of the molecule is CN=C(NCc1cn(C)nc1C(F)(F)F)NC1CCCN(c2ccc(F)cc2C)C1. The normalized spacial score (nSPS) is 17.9.